The average molecular weight is 408 g/mol. The van der Waals surface area contributed by atoms with E-state index in [1.165, 1.54) is 19.4 Å². The highest BCUT2D eigenvalue weighted by atomic mass is 16.5. The van der Waals surface area contributed by atoms with Crippen molar-refractivity contribution in [2.45, 2.75) is 12.3 Å². The number of phenolic OH excluding ortho intramolecular Hbond substituents is 1. The Balaban J connectivity index is 1.93. The van der Waals surface area contributed by atoms with Gasteiger partial charge in [-0.25, -0.2) is 4.79 Å². The van der Waals surface area contributed by atoms with E-state index in [-0.39, 0.29) is 35.1 Å². The van der Waals surface area contributed by atoms with Crippen LogP contribution in [0, 0.1) is 0 Å². The number of fused-ring (bicyclic) bond motifs is 1. The second kappa shape index (κ2) is 7.47. The molecule has 1 atom stereocenters. The minimum absolute atomic E-state index is 0.00427. The number of amides is 1. The van der Waals surface area contributed by atoms with Crippen molar-refractivity contribution in [3.8, 4) is 22.9 Å². The topological polar surface area (TPSA) is 110 Å². The number of carbonyl (C=O) groups is 2. The Morgan fingerprint density at radius 1 is 1.13 bits per heavy atom. The lowest BCUT2D eigenvalue weighted by Crippen LogP contribution is -2.25. The van der Waals surface area contributed by atoms with Crippen molar-refractivity contribution in [1.82, 2.24) is 4.57 Å². The first-order valence-electron chi connectivity index (χ1n) is 9.22. The van der Waals surface area contributed by atoms with Gasteiger partial charge in [0.25, 0.3) is 0 Å². The molecule has 0 aliphatic carbocycles. The Kier molecular flexibility index (Phi) is 4.83. The minimum Gasteiger partial charge on any atom is -0.504 e. The van der Waals surface area contributed by atoms with Crippen molar-refractivity contribution in [2.24, 2.45) is 0 Å². The van der Waals surface area contributed by atoms with Gasteiger partial charge in [-0.15, -0.1) is 0 Å². The average Bonchev–Trinajstić information content (AvgIpc) is 3.13. The van der Waals surface area contributed by atoms with Gasteiger partial charge in [0.05, 0.1) is 25.6 Å². The summed E-state index contributed by atoms with van der Waals surface area (Å²) in [5.74, 6) is -0.915. The Bertz CT molecular complexity index is 1130. The molecule has 8 heteroatoms. The van der Waals surface area contributed by atoms with E-state index in [4.69, 9.17) is 9.47 Å². The number of anilines is 1. The van der Waals surface area contributed by atoms with Crippen LogP contribution in [0.4, 0.5) is 5.69 Å². The summed E-state index contributed by atoms with van der Waals surface area (Å²) in [6.45, 7) is 0. The molecule has 0 bridgehead atoms. The maximum atomic E-state index is 12.4. The Hall–Kier alpha value is -3.94. The van der Waals surface area contributed by atoms with E-state index in [0.717, 1.165) is 11.3 Å². The number of methoxy groups -OCH3 is 2. The Labute approximate surface area is 172 Å². The molecule has 154 valence electrons. The van der Waals surface area contributed by atoms with Gasteiger partial charge >= 0.3 is 5.97 Å². The second-order valence-electron chi connectivity index (χ2n) is 6.91. The molecule has 1 aliphatic rings. The van der Waals surface area contributed by atoms with Crippen molar-refractivity contribution in [3.05, 3.63) is 65.5 Å². The summed E-state index contributed by atoms with van der Waals surface area (Å²) < 4.78 is 12.2. The monoisotopic (exact) mass is 408 g/mol. The molecule has 3 N–H and O–H groups in total. The van der Waals surface area contributed by atoms with Gasteiger partial charge < -0.3 is 29.6 Å². The highest BCUT2D eigenvalue weighted by molar-refractivity contribution is 6.04. The lowest BCUT2D eigenvalue weighted by molar-refractivity contribution is -0.116. The smallest absolute Gasteiger partial charge is 0.339 e. The highest BCUT2D eigenvalue weighted by Gasteiger charge is 2.34. The number of ether oxygens (including phenoxy) is 2. The normalized spacial score (nSPS) is 15.3. The molecule has 1 aromatic heterocycles. The number of aromatic carboxylic acids is 1. The summed E-state index contributed by atoms with van der Waals surface area (Å²) in [5.41, 5.74) is 2.37. The van der Waals surface area contributed by atoms with Crippen LogP contribution in [-0.4, -0.2) is 40.9 Å². The first-order chi connectivity index (χ1) is 14.4. The number of hydrogen-bond donors (Lipinski definition) is 3. The van der Waals surface area contributed by atoms with E-state index in [1.807, 2.05) is 12.1 Å². The second-order valence-corrected chi connectivity index (χ2v) is 6.91. The predicted octanol–water partition coefficient (Wildman–Crippen LogP) is 3.37. The van der Waals surface area contributed by atoms with Crippen LogP contribution in [0.5, 0.6) is 17.2 Å². The molecule has 4 rings (SSSR count). The van der Waals surface area contributed by atoms with E-state index in [1.54, 1.807) is 35.9 Å². The van der Waals surface area contributed by atoms with Crippen LogP contribution in [0.15, 0.2) is 48.7 Å². The zero-order chi connectivity index (χ0) is 21.4. The molecule has 0 saturated carbocycles. The van der Waals surface area contributed by atoms with Gasteiger partial charge in [-0.05, 0) is 42.0 Å². The van der Waals surface area contributed by atoms with Crippen LogP contribution < -0.4 is 14.8 Å². The summed E-state index contributed by atoms with van der Waals surface area (Å²) >= 11 is 0. The van der Waals surface area contributed by atoms with Gasteiger partial charge in [0.2, 0.25) is 5.91 Å². The van der Waals surface area contributed by atoms with Crippen LogP contribution >= 0.6 is 0 Å². The number of nitrogens with one attached hydrogen (secondary N) is 1. The van der Waals surface area contributed by atoms with Gasteiger partial charge in [-0.3, -0.25) is 4.79 Å². The molecule has 1 unspecified atom stereocenters. The van der Waals surface area contributed by atoms with Crippen molar-refractivity contribution in [3.63, 3.8) is 0 Å². The zero-order valence-electron chi connectivity index (χ0n) is 16.4. The third-order valence-electron chi connectivity index (χ3n) is 5.21. The van der Waals surface area contributed by atoms with Crippen molar-refractivity contribution >= 4 is 17.6 Å². The van der Waals surface area contributed by atoms with Gasteiger partial charge in [0, 0.05) is 24.2 Å². The van der Waals surface area contributed by atoms with E-state index in [9.17, 15) is 19.8 Å². The van der Waals surface area contributed by atoms with Gasteiger partial charge in [0.15, 0.2) is 11.5 Å². The van der Waals surface area contributed by atoms with Gasteiger partial charge in [0.1, 0.15) is 11.3 Å². The molecule has 0 fully saturated rings. The number of aromatic hydroxyl groups is 1. The molecule has 0 spiro atoms. The molecular formula is C22H20N2O6. The zero-order valence-corrected chi connectivity index (χ0v) is 16.4. The standard InChI is InChI=1S/C22H20N2O6/c1-29-14-6-4-13(5-7-14)24-11-16(22(27)28)20-21(24)15(10-19(26)23-20)12-3-8-17(25)18(9-12)30-2/h3-9,11,15,25H,10H2,1-2H3,(H,23,26)(H,27,28). The number of phenols is 1. The van der Waals surface area contributed by atoms with Crippen LogP contribution in [0.1, 0.15) is 34.0 Å². The molecule has 0 radical (unpaired) electrons. The summed E-state index contributed by atoms with van der Waals surface area (Å²) in [6, 6.07) is 12.1. The quantitative estimate of drug-likeness (QED) is 0.597. The number of hydrogen-bond acceptors (Lipinski definition) is 5. The van der Waals surface area contributed by atoms with E-state index in [2.05, 4.69) is 5.32 Å². The summed E-state index contributed by atoms with van der Waals surface area (Å²) in [5, 5.41) is 22.4. The fraction of sp³-hybridized carbons (Fsp3) is 0.182. The van der Waals surface area contributed by atoms with Gasteiger partial charge in [-0.2, -0.15) is 0 Å². The van der Waals surface area contributed by atoms with Gasteiger partial charge in [-0.1, -0.05) is 6.07 Å². The first kappa shape index (κ1) is 19.4. The van der Waals surface area contributed by atoms with Crippen LogP contribution in [0.3, 0.4) is 0 Å². The van der Waals surface area contributed by atoms with E-state index in [0.29, 0.717) is 11.4 Å². The first-order valence-corrected chi connectivity index (χ1v) is 9.22. The van der Waals surface area contributed by atoms with E-state index < -0.39 is 11.9 Å². The highest BCUT2D eigenvalue weighted by Crippen LogP contribution is 2.43. The molecule has 30 heavy (non-hydrogen) atoms. The maximum absolute atomic E-state index is 12.4. The van der Waals surface area contributed by atoms with Crippen LogP contribution in [-0.2, 0) is 4.79 Å². The SMILES string of the molecule is COc1ccc(-n2cc(C(=O)O)c3c2C(c2ccc(O)c(OC)c2)CC(=O)N3)cc1. The number of aromatic nitrogens is 1. The summed E-state index contributed by atoms with van der Waals surface area (Å²) in [7, 11) is 3.01. The molecule has 2 heterocycles. The molecule has 2 aromatic carbocycles. The largest absolute Gasteiger partial charge is 0.504 e. The molecule has 3 aromatic rings. The van der Waals surface area contributed by atoms with Crippen molar-refractivity contribution < 1.29 is 29.3 Å². The van der Waals surface area contributed by atoms with Crippen LogP contribution in [0.25, 0.3) is 5.69 Å². The fourth-order valence-electron chi connectivity index (χ4n) is 3.77. The number of carboxylic acids is 1. The maximum Gasteiger partial charge on any atom is 0.339 e. The molecule has 1 aliphatic heterocycles. The third kappa shape index (κ3) is 3.22. The number of nitrogens with zero attached hydrogens (tertiary/aromatic N) is 1. The minimum atomic E-state index is -1.14. The van der Waals surface area contributed by atoms with Crippen LogP contribution in [0.2, 0.25) is 0 Å². The summed E-state index contributed by atoms with van der Waals surface area (Å²) in [6.07, 6.45) is 1.63. The summed E-state index contributed by atoms with van der Waals surface area (Å²) in [4.78, 5) is 24.3. The Morgan fingerprint density at radius 3 is 2.50 bits per heavy atom. The lowest BCUT2D eigenvalue weighted by Gasteiger charge is -2.26. The molecule has 0 saturated heterocycles. The number of rotatable bonds is 5. The number of carbonyl (C=O) groups excluding carboxylic acids is 1. The third-order valence-corrected chi connectivity index (χ3v) is 5.21. The fourth-order valence-corrected chi connectivity index (χ4v) is 3.77. The van der Waals surface area contributed by atoms with E-state index >= 15 is 0 Å². The number of benzene rings is 2. The van der Waals surface area contributed by atoms with Crippen molar-refractivity contribution in [2.75, 3.05) is 19.5 Å². The molecular weight excluding hydrogens is 388 g/mol. The van der Waals surface area contributed by atoms with Crippen molar-refractivity contribution in [1.29, 1.82) is 0 Å². The molecule has 8 nitrogen and oxygen atoms in total. The number of carboxylic acid groups (broad SMARTS) is 1. The Morgan fingerprint density at radius 2 is 1.87 bits per heavy atom. The predicted molar refractivity (Wildman–Crippen MR) is 109 cm³/mol. The lowest BCUT2D eigenvalue weighted by atomic mass is 9.88. The molecule has 1 amide bonds.